The Labute approximate surface area is 249 Å². The van der Waals surface area contributed by atoms with Gasteiger partial charge in [0.05, 0.1) is 49.4 Å². The van der Waals surface area contributed by atoms with Gasteiger partial charge in [0.1, 0.15) is 0 Å². The number of hydrogen-bond acceptors (Lipinski definition) is 6. The summed E-state index contributed by atoms with van der Waals surface area (Å²) in [6.07, 6.45) is 7.72. The Bertz CT molecular complexity index is 1210. The van der Waals surface area contributed by atoms with Crippen molar-refractivity contribution < 1.29 is 9.26 Å². The first-order valence-electron chi connectivity index (χ1n) is 15.0. The zero-order valence-corrected chi connectivity index (χ0v) is 28.2. The van der Waals surface area contributed by atoms with Crippen molar-refractivity contribution >= 4 is 13.5 Å². The number of aromatic nitrogens is 6. The molecular formula is C32H53N6O2P. The molecule has 8 nitrogen and oxygen atoms in total. The fourth-order valence-electron chi connectivity index (χ4n) is 4.64. The number of nitrogens with zero attached hydrogens (tertiary/aromatic N) is 6. The van der Waals surface area contributed by atoms with Crippen LogP contribution in [0.2, 0.25) is 0 Å². The molecule has 0 fully saturated rings. The summed E-state index contributed by atoms with van der Waals surface area (Å²) in [4.78, 5) is 0. The molecular weight excluding hydrogens is 531 g/mol. The van der Waals surface area contributed by atoms with Crippen LogP contribution < -0.4 is 5.30 Å². The minimum absolute atomic E-state index is 0.146. The van der Waals surface area contributed by atoms with Gasteiger partial charge in [0.2, 0.25) is 0 Å². The van der Waals surface area contributed by atoms with E-state index in [1.165, 1.54) is 10.9 Å². The van der Waals surface area contributed by atoms with Gasteiger partial charge < -0.3 is 9.26 Å². The largest absolute Gasteiger partial charge is 0.373 e. The molecule has 0 radical (unpaired) electrons. The van der Waals surface area contributed by atoms with Crippen LogP contribution in [-0.4, -0.2) is 55.5 Å². The van der Waals surface area contributed by atoms with Crippen LogP contribution in [0.4, 0.5) is 0 Å². The molecule has 41 heavy (non-hydrogen) atoms. The minimum Gasteiger partial charge on any atom is -0.373 e. The van der Waals surface area contributed by atoms with E-state index in [1.54, 1.807) is 0 Å². The molecule has 0 saturated carbocycles. The summed E-state index contributed by atoms with van der Waals surface area (Å²) in [5, 5.41) is 18.7. The zero-order valence-electron chi connectivity index (χ0n) is 27.3. The van der Waals surface area contributed by atoms with Crippen molar-refractivity contribution in [3.05, 3.63) is 53.6 Å². The van der Waals surface area contributed by atoms with E-state index in [9.17, 15) is 0 Å². The third-order valence-electron chi connectivity index (χ3n) is 7.30. The molecule has 2 heterocycles. The molecule has 1 atom stereocenters. The average Bonchev–Trinajstić information content (AvgIpc) is 3.53. The molecule has 228 valence electrons. The van der Waals surface area contributed by atoms with Gasteiger partial charge in [-0.3, -0.25) is 0 Å². The third-order valence-corrected chi connectivity index (χ3v) is 8.90. The minimum atomic E-state index is -0.694. The monoisotopic (exact) mass is 584 g/mol. The van der Waals surface area contributed by atoms with Crippen LogP contribution in [0.5, 0.6) is 0 Å². The Morgan fingerprint density at radius 3 is 1.80 bits per heavy atom. The number of hydrogen-bond donors (Lipinski definition) is 0. The lowest BCUT2D eigenvalue weighted by Gasteiger charge is -2.32. The van der Waals surface area contributed by atoms with Crippen LogP contribution in [0.3, 0.4) is 0 Å². The molecule has 2 aromatic heterocycles. The Balaban J connectivity index is 1.48. The summed E-state index contributed by atoms with van der Waals surface area (Å²) < 4.78 is 16.7. The smallest absolute Gasteiger partial charge is 0.0829 e. The second-order valence-corrected chi connectivity index (χ2v) is 15.9. The fourth-order valence-corrected chi connectivity index (χ4v) is 5.72. The first-order valence-corrected chi connectivity index (χ1v) is 16.7. The molecule has 0 saturated heterocycles. The summed E-state index contributed by atoms with van der Waals surface area (Å²) in [5.74, 6) is 1.13. The first kappa shape index (κ1) is 33.4. The predicted octanol–water partition coefficient (Wildman–Crippen LogP) is 6.53. The van der Waals surface area contributed by atoms with Gasteiger partial charge in [0.15, 0.2) is 0 Å². The maximum Gasteiger partial charge on any atom is 0.0829 e. The van der Waals surface area contributed by atoms with Crippen LogP contribution >= 0.6 is 8.15 Å². The zero-order chi connectivity index (χ0) is 30.4. The van der Waals surface area contributed by atoms with Gasteiger partial charge in [0, 0.05) is 24.1 Å². The molecule has 0 N–H and O–H groups in total. The highest BCUT2D eigenvalue weighted by Crippen LogP contribution is 2.33. The number of rotatable bonds is 16. The molecule has 9 heteroatoms. The van der Waals surface area contributed by atoms with E-state index in [2.05, 4.69) is 133 Å². The second-order valence-electron chi connectivity index (χ2n) is 14.1. The second kappa shape index (κ2) is 13.9. The summed E-state index contributed by atoms with van der Waals surface area (Å²) >= 11 is 0. The summed E-state index contributed by atoms with van der Waals surface area (Å²) in [7, 11) is -0.694. The van der Waals surface area contributed by atoms with Crippen molar-refractivity contribution in [1.82, 2.24) is 30.0 Å². The van der Waals surface area contributed by atoms with Gasteiger partial charge >= 0.3 is 0 Å². The van der Waals surface area contributed by atoms with Gasteiger partial charge in [-0.15, -0.1) is 10.2 Å². The quantitative estimate of drug-likeness (QED) is 0.178. The highest BCUT2D eigenvalue weighted by Gasteiger charge is 2.28. The molecule has 3 aromatic rings. The van der Waals surface area contributed by atoms with E-state index in [0.29, 0.717) is 25.0 Å². The van der Waals surface area contributed by atoms with Gasteiger partial charge in [-0.1, -0.05) is 62.4 Å². The molecule has 0 aliphatic carbocycles. The van der Waals surface area contributed by atoms with Gasteiger partial charge in [-0.2, -0.15) is 0 Å². The number of ether oxygens (including phenoxy) is 1. The Morgan fingerprint density at radius 2 is 1.29 bits per heavy atom. The summed E-state index contributed by atoms with van der Waals surface area (Å²) in [6, 6.07) is 8.82. The highest BCUT2D eigenvalue weighted by atomic mass is 31.1. The van der Waals surface area contributed by atoms with Gasteiger partial charge in [0.25, 0.3) is 0 Å². The lowest BCUT2D eigenvalue weighted by molar-refractivity contribution is -0.0532. The predicted molar refractivity (Wildman–Crippen MR) is 169 cm³/mol. The number of benzene rings is 1. The molecule has 1 aromatic carbocycles. The highest BCUT2D eigenvalue weighted by molar-refractivity contribution is 7.60. The summed E-state index contributed by atoms with van der Waals surface area (Å²) in [5.41, 5.74) is 2.60. The van der Waals surface area contributed by atoms with E-state index in [4.69, 9.17) is 9.26 Å². The van der Waals surface area contributed by atoms with E-state index >= 15 is 0 Å². The van der Waals surface area contributed by atoms with Gasteiger partial charge in [-0.05, 0) is 84.9 Å². The van der Waals surface area contributed by atoms with Crippen LogP contribution in [0.1, 0.15) is 92.6 Å². The van der Waals surface area contributed by atoms with Crippen LogP contribution in [0.25, 0.3) is 0 Å². The fraction of sp³-hybridized carbons (Fsp3) is 0.688. The van der Waals surface area contributed by atoms with Crippen molar-refractivity contribution in [1.29, 1.82) is 0 Å². The van der Waals surface area contributed by atoms with Crippen LogP contribution in [-0.2, 0) is 39.6 Å². The maximum absolute atomic E-state index is 6.44. The van der Waals surface area contributed by atoms with Crippen molar-refractivity contribution in [2.45, 2.75) is 112 Å². The molecule has 0 amide bonds. The Kier molecular flexibility index (Phi) is 11.3. The van der Waals surface area contributed by atoms with Crippen molar-refractivity contribution in [3.8, 4) is 0 Å². The molecule has 0 aliphatic heterocycles. The van der Waals surface area contributed by atoms with Crippen LogP contribution in [0.15, 0.2) is 36.7 Å². The standard InChI is InChI=1S/C32H53N6O2P/c1-24(2)18-27-21-37(35-33-27)30(5,6)16-17-40-41(11)29-14-12-26(13-15-29)20-32(9,10)39-23-31(7,8)38-22-28(34-36-38)19-25(3)4/h12-15,21-22,24-25H,16-20,23H2,1-11H3. The first-order chi connectivity index (χ1) is 19.1. The van der Waals surface area contributed by atoms with E-state index in [0.717, 1.165) is 37.1 Å². The lowest BCUT2D eigenvalue weighted by atomic mass is 9.97. The van der Waals surface area contributed by atoms with Crippen molar-refractivity contribution in [3.63, 3.8) is 0 Å². The topological polar surface area (TPSA) is 79.9 Å². The van der Waals surface area contributed by atoms with Crippen molar-refractivity contribution in [2.24, 2.45) is 11.8 Å². The van der Waals surface area contributed by atoms with E-state index in [1.807, 2.05) is 9.36 Å². The summed E-state index contributed by atoms with van der Waals surface area (Å²) in [6.45, 7) is 25.2. The van der Waals surface area contributed by atoms with Crippen molar-refractivity contribution in [2.75, 3.05) is 19.9 Å². The molecule has 0 aliphatic rings. The molecule has 0 bridgehead atoms. The SMILES string of the molecule is CC(C)Cc1cn(C(C)(C)CCOP(C)c2ccc(CC(C)(C)OCC(C)(C)n3cc(CC(C)C)nn3)cc2)nn1. The normalized spacial score (nSPS) is 13.9. The lowest BCUT2D eigenvalue weighted by Crippen LogP contribution is -2.38. The maximum atomic E-state index is 6.44. The van der Waals surface area contributed by atoms with Crippen LogP contribution in [0, 0.1) is 11.8 Å². The average molecular weight is 585 g/mol. The van der Waals surface area contributed by atoms with E-state index < -0.39 is 8.15 Å². The molecule has 0 spiro atoms. The van der Waals surface area contributed by atoms with E-state index in [-0.39, 0.29) is 16.7 Å². The Morgan fingerprint density at radius 1 is 0.780 bits per heavy atom. The van der Waals surface area contributed by atoms with Gasteiger partial charge in [-0.25, -0.2) is 9.36 Å². The third kappa shape index (κ3) is 10.3. The molecule has 3 rings (SSSR count). The Hall–Kier alpha value is -2.15. The molecule has 1 unspecified atom stereocenters.